The van der Waals surface area contributed by atoms with Crippen molar-refractivity contribution in [3.8, 4) is 0 Å². The lowest BCUT2D eigenvalue weighted by atomic mass is 10.1. The maximum atomic E-state index is 9.84. The van der Waals surface area contributed by atoms with E-state index in [1.807, 2.05) is 6.07 Å². The van der Waals surface area contributed by atoms with Crippen molar-refractivity contribution in [2.24, 2.45) is 0 Å². The molecule has 1 atom stereocenters. The molecule has 2 saturated heterocycles. The SMILES string of the molecule is CN1CCN(c2cc(Cl)nc(N3CCCC(O)C3)c2)CC1. The van der Waals surface area contributed by atoms with Crippen molar-refractivity contribution in [3.63, 3.8) is 0 Å². The standard InChI is InChI=1S/C15H23ClN4O/c1-18-5-7-19(8-6-18)12-9-14(16)17-15(10-12)20-4-2-3-13(21)11-20/h9-10,13,21H,2-8,11H2,1H3. The zero-order valence-corrected chi connectivity index (χ0v) is 13.3. The second-order valence-corrected chi connectivity index (χ2v) is 6.43. The third-order valence-corrected chi connectivity index (χ3v) is 4.55. The van der Waals surface area contributed by atoms with Crippen molar-refractivity contribution in [1.29, 1.82) is 0 Å². The van der Waals surface area contributed by atoms with Crippen LogP contribution in [0.4, 0.5) is 11.5 Å². The van der Waals surface area contributed by atoms with E-state index >= 15 is 0 Å². The highest BCUT2D eigenvalue weighted by Crippen LogP contribution is 2.27. The normalized spacial score (nSPS) is 24.4. The molecule has 1 aromatic rings. The summed E-state index contributed by atoms with van der Waals surface area (Å²) in [6.07, 6.45) is 1.62. The molecule has 1 unspecified atom stereocenters. The van der Waals surface area contributed by atoms with E-state index in [0.717, 1.165) is 57.1 Å². The molecule has 0 radical (unpaired) electrons. The number of rotatable bonds is 2. The number of nitrogens with zero attached hydrogens (tertiary/aromatic N) is 4. The van der Waals surface area contributed by atoms with Crippen LogP contribution in [-0.2, 0) is 0 Å². The van der Waals surface area contributed by atoms with Crippen LogP contribution < -0.4 is 9.80 Å². The largest absolute Gasteiger partial charge is 0.391 e. The number of aliphatic hydroxyl groups is 1. The first-order valence-corrected chi connectivity index (χ1v) is 8.04. The van der Waals surface area contributed by atoms with E-state index in [1.54, 1.807) is 0 Å². The number of piperidine rings is 1. The Labute approximate surface area is 131 Å². The predicted octanol–water partition coefficient (Wildman–Crippen LogP) is 1.45. The third-order valence-electron chi connectivity index (χ3n) is 4.35. The summed E-state index contributed by atoms with van der Waals surface area (Å²) >= 11 is 6.22. The minimum atomic E-state index is -0.258. The smallest absolute Gasteiger partial charge is 0.133 e. The highest BCUT2D eigenvalue weighted by Gasteiger charge is 2.21. The van der Waals surface area contributed by atoms with E-state index in [2.05, 4.69) is 32.8 Å². The molecule has 3 heterocycles. The Hall–Kier alpha value is -1.04. The summed E-state index contributed by atoms with van der Waals surface area (Å²) in [5, 5.41) is 10.4. The lowest BCUT2D eigenvalue weighted by Gasteiger charge is -2.35. The molecule has 2 aliphatic rings. The van der Waals surface area contributed by atoms with Gasteiger partial charge in [-0.2, -0.15) is 0 Å². The van der Waals surface area contributed by atoms with Crippen molar-refractivity contribution in [2.75, 3.05) is 56.1 Å². The van der Waals surface area contributed by atoms with Crippen molar-refractivity contribution in [3.05, 3.63) is 17.3 Å². The summed E-state index contributed by atoms with van der Waals surface area (Å²) in [5.41, 5.74) is 1.14. The number of halogens is 1. The molecule has 5 nitrogen and oxygen atoms in total. The molecule has 0 bridgehead atoms. The average Bonchev–Trinajstić information content (AvgIpc) is 2.47. The maximum absolute atomic E-state index is 9.84. The second kappa shape index (κ2) is 6.38. The van der Waals surface area contributed by atoms with Crippen LogP contribution in [0.5, 0.6) is 0 Å². The fourth-order valence-electron chi connectivity index (χ4n) is 3.04. The van der Waals surface area contributed by atoms with Gasteiger partial charge in [0.1, 0.15) is 11.0 Å². The molecule has 3 rings (SSSR count). The molecular formula is C15H23ClN4O. The van der Waals surface area contributed by atoms with Crippen LogP contribution in [0.1, 0.15) is 12.8 Å². The van der Waals surface area contributed by atoms with Crippen LogP contribution >= 0.6 is 11.6 Å². The number of hydrogen-bond acceptors (Lipinski definition) is 5. The first kappa shape index (κ1) is 14.9. The van der Waals surface area contributed by atoms with Gasteiger partial charge in [0.05, 0.1) is 6.10 Å². The monoisotopic (exact) mass is 310 g/mol. The van der Waals surface area contributed by atoms with Gasteiger partial charge in [-0.3, -0.25) is 0 Å². The number of likely N-dealkylation sites (N-methyl/N-ethyl adjacent to an activating group) is 1. The first-order chi connectivity index (χ1) is 10.1. The van der Waals surface area contributed by atoms with Gasteiger partial charge in [0.15, 0.2) is 0 Å². The Morgan fingerprint density at radius 1 is 1.14 bits per heavy atom. The molecule has 2 fully saturated rings. The van der Waals surface area contributed by atoms with Crippen LogP contribution in [-0.4, -0.2) is 67.4 Å². The van der Waals surface area contributed by atoms with Gasteiger partial charge in [-0.1, -0.05) is 11.6 Å². The molecule has 0 spiro atoms. The molecular weight excluding hydrogens is 288 g/mol. The summed E-state index contributed by atoms with van der Waals surface area (Å²) in [6.45, 7) is 5.75. The minimum absolute atomic E-state index is 0.258. The molecule has 0 saturated carbocycles. The molecule has 116 valence electrons. The number of hydrogen-bond donors (Lipinski definition) is 1. The molecule has 0 aliphatic carbocycles. The fourth-order valence-corrected chi connectivity index (χ4v) is 3.24. The maximum Gasteiger partial charge on any atom is 0.133 e. The summed E-state index contributed by atoms with van der Waals surface area (Å²) in [4.78, 5) is 11.3. The average molecular weight is 311 g/mol. The van der Waals surface area contributed by atoms with E-state index in [1.165, 1.54) is 0 Å². The topological polar surface area (TPSA) is 42.8 Å². The third kappa shape index (κ3) is 3.59. The van der Waals surface area contributed by atoms with Gasteiger partial charge < -0.3 is 19.8 Å². The van der Waals surface area contributed by atoms with E-state index in [0.29, 0.717) is 11.7 Å². The van der Waals surface area contributed by atoms with Gasteiger partial charge in [-0.25, -0.2) is 4.98 Å². The summed E-state index contributed by atoms with van der Waals surface area (Å²) in [6, 6.07) is 4.05. The van der Waals surface area contributed by atoms with E-state index in [9.17, 15) is 5.11 Å². The summed E-state index contributed by atoms with van der Waals surface area (Å²) < 4.78 is 0. The van der Waals surface area contributed by atoms with Crippen LogP contribution in [0.15, 0.2) is 12.1 Å². The van der Waals surface area contributed by atoms with Gasteiger partial charge in [0.25, 0.3) is 0 Å². The Kier molecular flexibility index (Phi) is 4.52. The fraction of sp³-hybridized carbons (Fsp3) is 0.667. The Balaban J connectivity index is 1.79. The molecule has 0 aromatic carbocycles. The van der Waals surface area contributed by atoms with Crippen molar-refractivity contribution in [2.45, 2.75) is 18.9 Å². The zero-order chi connectivity index (χ0) is 14.8. The number of anilines is 2. The van der Waals surface area contributed by atoms with Crippen LogP contribution in [0, 0.1) is 0 Å². The zero-order valence-electron chi connectivity index (χ0n) is 12.5. The van der Waals surface area contributed by atoms with Crippen LogP contribution in [0.25, 0.3) is 0 Å². The van der Waals surface area contributed by atoms with E-state index < -0.39 is 0 Å². The molecule has 6 heteroatoms. The Bertz CT molecular complexity index is 491. The Morgan fingerprint density at radius 3 is 2.62 bits per heavy atom. The minimum Gasteiger partial charge on any atom is -0.391 e. The first-order valence-electron chi connectivity index (χ1n) is 7.66. The van der Waals surface area contributed by atoms with Gasteiger partial charge in [0, 0.05) is 51.0 Å². The van der Waals surface area contributed by atoms with Gasteiger partial charge in [-0.05, 0) is 26.0 Å². The Morgan fingerprint density at radius 2 is 1.90 bits per heavy atom. The number of aliphatic hydroxyl groups excluding tert-OH is 1. The molecule has 1 N–H and O–H groups in total. The summed E-state index contributed by atoms with van der Waals surface area (Å²) in [7, 11) is 2.15. The van der Waals surface area contributed by atoms with E-state index in [-0.39, 0.29) is 6.10 Å². The highest BCUT2D eigenvalue weighted by molar-refractivity contribution is 6.29. The molecule has 21 heavy (non-hydrogen) atoms. The molecule has 0 amide bonds. The number of piperazine rings is 1. The van der Waals surface area contributed by atoms with Crippen molar-refractivity contribution < 1.29 is 5.11 Å². The molecule has 2 aliphatic heterocycles. The molecule has 1 aromatic heterocycles. The predicted molar refractivity (Wildman–Crippen MR) is 86.4 cm³/mol. The van der Waals surface area contributed by atoms with Gasteiger partial charge in [0.2, 0.25) is 0 Å². The number of pyridine rings is 1. The highest BCUT2D eigenvalue weighted by atomic mass is 35.5. The van der Waals surface area contributed by atoms with E-state index in [4.69, 9.17) is 11.6 Å². The summed E-state index contributed by atoms with van der Waals surface area (Å²) in [5.74, 6) is 0.884. The quantitative estimate of drug-likeness (QED) is 0.838. The second-order valence-electron chi connectivity index (χ2n) is 6.04. The lowest BCUT2D eigenvalue weighted by Crippen LogP contribution is -2.44. The number of β-amino-alcohol motifs (C(OH)–C–C–N with tert-alkyl or cyclic N) is 1. The number of aromatic nitrogens is 1. The van der Waals surface area contributed by atoms with Crippen molar-refractivity contribution in [1.82, 2.24) is 9.88 Å². The van der Waals surface area contributed by atoms with Crippen LogP contribution in [0.2, 0.25) is 5.15 Å². The van der Waals surface area contributed by atoms with Gasteiger partial charge in [-0.15, -0.1) is 0 Å². The van der Waals surface area contributed by atoms with Gasteiger partial charge >= 0.3 is 0 Å². The lowest BCUT2D eigenvalue weighted by molar-refractivity contribution is 0.154. The van der Waals surface area contributed by atoms with Crippen molar-refractivity contribution >= 4 is 23.1 Å². The van der Waals surface area contributed by atoms with Crippen LogP contribution in [0.3, 0.4) is 0 Å².